The van der Waals surface area contributed by atoms with Gasteiger partial charge >= 0.3 is 11.6 Å². The highest BCUT2D eigenvalue weighted by Gasteiger charge is 2.14. The van der Waals surface area contributed by atoms with Crippen LogP contribution >= 0.6 is 0 Å². The van der Waals surface area contributed by atoms with Crippen molar-refractivity contribution in [3.63, 3.8) is 0 Å². The van der Waals surface area contributed by atoms with Crippen molar-refractivity contribution in [3.05, 3.63) is 63.5 Å². The van der Waals surface area contributed by atoms with E-state index in [4.69, 9.17) is 14.3 Å². The van der Waals surface area contributed by atoms with Gasteiger partial charge in [0.15, 0.2) is 0 Å². The second-order valence-electron chi connectivity index (χ2n) is 8.11. The number of carboxylic acids is 1. The summed E-state index contributed by atoms with van der Waals surface area (Å²) in [6.07, 6.45) is 9.86. The zero-order valence-corrected chi connectivity index (χ0v) is 18.4. The van der Waals surface area contributed by atoms with Crippen molar-refractivity contribution in [2.45, 2.75) is 59.8 Å². The number of rotatable bonds is 11. The van der Waals surface area contributed by atoms with E-state index < -0.39 is 17.2 Å². The third-order valence-corrected chi connectivity index (χ3v) is 5.08. The van der Waals surface area contributed by atoms with Crippen LogP contribution < -0.4 is 10.4 Å². The Balaban J connectivity index is 1.87. The number of benzene rings is 1. The number of ether oxygens (including phenoxy) is 1. The molecule has 30 heavy (non-hydrogen) atoms. The van der Waals surface area contributed by atoms with E-state index in [0.717, 1.165) is 32.1 Å². The number of allylic oxidation sites excluding steroid dienone is 4. The molecule has 0 amide bonds. The molecule has 1 heterocycles. The first-order valence-corrected chi connectivity index (χ1v) is 10.5. The van der Waals surface area contributed by atoms with Gasteiger partial charge in [-0.1, -0.05) is 36.3 Å². The summed E-state index contributed by atoms with van der Waals surface area (Å²) in [5.41, 5.74) is 1.87. The van der Waals surface area contributed by atoms with Gasteiger partial charge in [0.1, 0.15) is 16.9 Å². The Morgan fingerprint density at radius 2 is 1.93 bits per heavy atom. The summed E-state index contributed by atoms with van der Waals surface area (Å²) in [6.45, 7) is 9.17. The Morgan fingerprint density at radius 3 is 2.63 bits per heavy atom. The van der Waals surface area contributed by atoms with E-state index >= 15 is 0 Å². The summed E-state index contributed by atoms with van der Waals surface area (Å²) in [5, 5.41) is 9.65. The van der Waals surface area contributed by atoms with E-state index in [1.807, 2.05) is 0 Å². The van der Waals surface area contributed by atoms with Crippen LogP contribution in [0.4, 0.5) is 0 Å². The number of hydrogen-bond donors (Lipinski definition) is 1. The van der Waals surface area contributed by atoms with Crippen molar-refractivity contribution in [1.29, 1.82) is 0 Å². The molecule has 1 unspecified atom stereocenters. The van der Waals surface area contributed by atoms with E-state index in [9.17, 15) is 9.59 Å². The monoisotopic (exact) mass is 412 g/mol. The summed E-state index contributed by atoms with van der Waals surface area (Å²) in [5.74, 6) is -0.270. The van der Waals surface area contributed by atoms with Gasteiger partial charge in [-0.05, 0) is 77.0 Å². The molecular formula is C25H32O5. The van der Waals surface area contributed by atoms with Crippen molar-refractivity contribution >= 4 is 16.9 Å². The first-order chi connectivity index (χ1) is 14.3. The molecule has 1 N–H and O–H groups in total. The molecule has 2 aromatic rings. The third kappa shape index (κ3) is 7.21. The van der Waals surface area contributed by atoms with E-state index in [1.54, 1.807) is 18.2 Å². The molecule has 5 heteroatoms. The zero-order chi connectivity index (χ0) is 22.1. The maximum Gasteiger partial charge on any atom is 0.351 e. The topological polar surface area (TPSA) is 76.7 Å². The summed E-state index contributed by atoms with van der Waals surface area (Å²) in [4.78, 5) is 22.9. The minimum Gasteiger partial charge on any atom is -0.493 e. The maximum atomic E-state index is 11.7. The predicted molar refractivity (Wildman–Crippen MR) is 120 cm³/mol. The summed E-state index contributed by atoms with van der Waals surface area (Å²) in [6, 6.07) is 6.44. The number of fused-ring (bicyclic) bond motifs is 1. The van der Waals surface area contributed by atoms with Crippen LogP contribution in [0.25, 0.3) is 11.0 Å². The summed E-state index contributed by atoms with van der Waals surface area (Å²) < 4.78 is 11.0. The van der Waals surface area contributed by atoms with Gasteiger partial charge in [-0.25, -0.2) is 9.59 Å². The minimum absolute atomic E-state index is 0.323. The Labute approximate surface area is 178 Å². The Bertz CT molecular complexity index is 977. The Morgan fingerprint density at radius 1 is 1.17 bits per heavy atom. The van der Waals surface area contributed by atoms with E-state index in [0.29, 0.717) is 29.2 Å². The number of hydrogen-bond acceptors (Lipinski definition) is 4. The van der Waals surface area contributed by atoms with Gasteiger partial charge in [-0.2, -0.15) is 0 Å². The van der Waals surface area contributed by atoms with Crippen LogP contribution in [0.3, 0.4) is 0 Å². The molecule has 0 saturated carbocycles. The van der Waals surface area contributed by atoms with Crippen LogP contribution in [-0.4, -0.2) is 17.7 Å². The smallest absolute Gasteiger partial charge is 0.351 e. The lowest BCUT2D eigenvalue weighted by Gasteiger charge is -2.13. The van der Waals surface area contributed by atoms with Gasteiger partial charge in [0.2, 0.25) is 0 Å². The van der Waals surface area contributed by atoms with Gasteiger partial charge in [-0.3, -0.25) is 0 Å². The van der Waals surface area contributed by atoms with Crippen LogP contribution in [0.5, 0.6) is 5.75 Å². The van der Waals surface area contributed by atoms with Gasteiger partial charge in [0.05, 0.1) is 12.0 Å². The fraction of sp³-hybridized carbons (Fsp3) is 0.440. The Kier molecular flexibility index (Phi) is 8.90. The zero-order valence-electron chi connectivity index (χ0n) is 18.4. The number of carboxylic acid groups (broad SMARTS) is 1. The number of aromatic carboxylic acids is 1. The van der Waals surface area contributed by atoms with E-state index in [-0.39, 0.29) is 0 Å². The summed E-state index contributed by atoms with van der Waals surface area (Å²) in [7, 11) is 0. The van der Waals surface area contributed by atoms with Crippen molar-refractivity contribution in [1.82, 2.24) is 0 Å². The second kappa shape index (κ2) is 11.4. The van der Waals surface area contributed by atoms with Crippen LogP contribution in [-0.2, 0) is 0 Å². The summed E-state index contributed by atoms with van der Waals surface area (Å²) >= 11 is 0. The fourth-order valence-corrected chi connectivity index (χ4v) is 3.21. The van der Waals surface area contributed by atoms with Gasteiger partial charge in [0, 0.05) is 0 Å². The highest BCUT2D eigenvalue weighted by Crippen LogP contribution is 2.26. The van der Waals surface area contributed by atoms with Crippen LogP contribution in [0, 0.1) is 5.92 Å². The maximum absolute atomic E-state index is 11.7. The largest absolute Gasteiger partial charge is 0.493 e. The lowest BCUT2D eigenvalue weighted by molar-refractivity contribution is 0.0692. The van der Waals surface area contributed by atoms with Gasteiger partial charge in [-0.15, -0.1) is 0 Å². The normalized spacial score (nSPS) is 12.6. The molecule has 0 aliphatic rings. The predicted octanol–water partition coefficient (Wildman–Crippen LogP) is 6.37. The van der Waals surface area contributed by atoms with E-state index in [2.05, 4.69) is 39.8 Å². The van der Waals surface area contributed by atoms with Crippen molar-refractivity contribution in [2.24, 2.45) is 5.92 Å². The van der Waals surface area contributed by atoms with Crippen molar-refractivity contribution in [2.75, 3.05) is 6.61 Å². The molecule has 0 saturated heterocycles. The fourth-order valence-electron chi connectivity index (χ4n) is 3.21. The number of carbonyl (C=O) groups is 1. The highest BCUT2D eigenvalue weighted by atomic mass is 16.5. The first kappa shape index (κ1) is 23.5. The van der Waals surface area contributed by atoms with Crippen LogP contribution in [0.2, 0.25) is 0 Å². The average molecular weight is 413 g/mol. The lowest BCUT2D eigenvalue weighted by Crippen LogP contribution is -2.13. The molecule has 0 spiro atoms. The molecular weight excluding hydrogens is 380 g/mol. The molecule has 1 aromatic heterocycles. The Hall–Kier alpha value is -2.82. The van der Waals surface area contributed by atoms with E-state index in [1.165, 1.54) is 17.2 Å². The lowest BCUT2D eigenvalue weighted by atomic mass is 10.0. The highest BCUT2D eigenvalue weighted by molar-refractivity contribution is 5.93. The molecule has 1 atom stereocenters. The molecule has 0 bridgehead atoms. The minimum atomic E-state index is -1.31. The molecule has 0 fully saturated rings. The first-order valence-electron chi connectivity index (χ1n) is 10.5. The molecule has 0 radical (unpaired) electrons. The molecule has 2 rings (SSSR count). The van der Waals surface area contributed by atoms with Gasteiger partial charge in [0.25, 0.3) is 0 Å². The molecule has 162 valence electrons. The van der Waals surface area contributed by atoms with Crippen molar-refractivity contribution < 1.29 is 19.1 Å². The third-order valence-electron chi connectivity index (χ3n) is 5.08. The molecule has 1 aromatic carbocycles. The molecule has 0 aliphatic carbocycles. The second-order valence-corrected chi connectivity index (χ2v) is 8.11. The van der Waals surface area contributed by atoms with Crippen LogP contribution in [0.15, 0.2) is 56.8 Å². The van der Waals surface area contributed by atoms with Crippen molar-refractivity contribution in [3.8, 4) is 5.75 Å². The average Bonchev–Trinajstić information content (AvgIpc) is 2.67. The quantitative estimate of drug-likeness (QED) is 0.343. The van der Waals surface area contributed by atoms with Gasteiger partial charge < -0.3 is 14.3 Å². The molecule has 5 nitrogen and oxygen atoms in total. The molecule has 0 aliphatic heterocycles. The SMILES string of the molecule is CC(C)=CCC/C(C)=C/CCC(C)CCOc1cccc2oc(=O)c(C(=O)O)cc12. The standard InChI is InChI=1S/C25H32O5/c1-17(2)8-5-9-18(3)10-6-11-19(4)14-15-29-22-12-7-13-23-20(22)16-21(24(26)27)25(28)30-23/h7-8,10,12-13,16,19H,5-6,9,11,14-15H2,1-4H3,(H,26,27)/b18-10+. The van der Waals surface area contributed by atoms with Crippen LogP contribution in [0.1, 0.15) is 70.2 Å².